The Hall–Kier alpha value is -1.96. The fraction of sp³-hybridized carbons (Fsp3) is 0.692. The van der Waals surface area contributed by atoms with E-state index in [-0.39, 0.29) is 5.69 Å². The monoisotopic (exact) mass is 294 g/mol. The van der Waals surface area contributed by atoms with Crippen LogP contribution in [0.5, 0.6) is 0 Å². The van der Waals surface area contributed by atoms with Crippen molar-refractivity contribution in [2.24, 2.45) is 0 Å². The van der Waals surface area contributed by atoms with E-state index in [1.165, 1.54) is 0 Å². The minimum Gasteiger partial charge on any atom is -0.363 e. The van der Waals surface area contributed by atoms with Gasteiger partial charge in [-0.05, 0) is 40.3 Å². The maximum Gasteiger partial charge on any atom is 0.332 e. The summed E-state index contributed by atoms with van der Waals surface area (Å²) < 4.78 is 0. The van der Waals surface area contributed by atoms with Gasteiger partial charge in [-0.25, -0.2) is 4.98 Å². The van der Waals surface area contributed by atoms with Gasteiger partial charge in [0.15, 0.2) is 0 Å². The number of nitro groups is 1. The summed E-state index contributed by atoms with van der Waals surface area (Å²) in [6, 6.07) is 0.391. The van der Waals surface area contributed by atoms with Gasteiger partial charge < -0.3 is 15.5 Å². The second kappa shape index (κ2) is 6.66. The number of anilines is 2. The van der Waals surface area contributed by atoms with Crippen molar-refractivity contribution >= 4 is 17.5 Å². The van der Waals surface area contributed by atoms with Gasteiger partial charge in [-0.2, -0.15) is 4.98 Å². The summed E-state index contributed by atoms with van der Waals surface area (Å²) in [5.41, 5.74) is 0.325. The minimum atomic E-state index is -0.425. The van der Waals surface area contributed by atoms with E-state index in [1.807, 2.05) is 6.92 Å². The van der Waals surface area contributed by atoms with Crippen LogP contribution in [0.4, 0.5) is 17.5 Å². The van der Waals surface area contributed by atoms with Crippen LogP contribution in [0, 0.1) is 17.0 Å². The zero-order valence-corrected chi connectivity index (χ0v) is 12.7. The van der Waals surface area contributed by atoms with Crippen molar-refractivity contribution in [1.29, 1.82) is 0 Å². The highest BCUT2D eigenvalue weighted by Crippen LogP contribution is 2.27. The predicted molar refractivity (Wildman–Crippen MR) is 81.7 cm³/mol. The molecule has 2 heterocycles. The normalized spacial score (nSPS) is 18.7. The highest BCUT2D eigenvalue weighted by atomic mass is 16.6. The predicted octanol–water partition coefficient (Wildman–Crippen LogP) is 1.63. The number of aromatic nitrogens is 2. The third-order valence-corrected chi connectivity index (χ3v) is 3.75. The van der Waals surface area contributed by atoms with Crippen molar-refractivity contribution in [1.82, 2.24) is 14.9 Å². The number of nitrogens with zero attached hydrogens (tertiary/aromatic N) is 4. The lowest BCUT2D eigenvalue weighted by atomic mass is 10.2. The lowest BCUT2D eigenvalue weighted by molar-refractivity contribution is -0.385. The van der Waals surface area contributed by atoms with Crippen LogP contribution in [-0.2, 0) is 0 Å². The lowest BCUT2D eigenvalue weighted by Crippen LogP contribution is -2.32. The molecule has 0 amide bonds. The fourth-order valence-corrected chi connectivity index (χ4v) is 2.60. The molecule has 1 aromatic heterocycles. The number of hydrogen-bond acceptors (Lipinski definition) is 7. The number of likely N-dealkylation sites (N-methyl/N-ethyl adjacent to an activating group) is 1. The summed E-state index contributed by atoms with van der Waals surface area (Å²) >= 11 is 0. The minimum absolute atomic E-state index is 0.0442. The first-order chi connectivity index (χ1) is 10.0. The Morgan fingerprint density at radius 3 is 2.76 bits per heavy atom. The molecule has 8 nitrogen and oxygen atoms in total. The smallest absolute Gasteiger partial charge is 0.332 e. The van der Waals surface area contributed by atoms with E-state index in [9.17, 15) is 10.1 Å². The first-order valence-corrected chi connectivity index (χ1v) is 7.24. The van der Waals surface area contributed by atoms with Crippen molar-refractivity contribution in [2.45, 2.75) is 32.7 Å². The van der Waals surface area contributed by atoms with Crippen molar-refractivity contribution in [3.05, 3.63) is 15.8 Å². The van der Waals surface area contributed by atoms with Crippen molar-refractivity contribution in [3.63, 3.8) is 0 Å². The summed E-state index contributed by atoms with van der Waals surface area (Å²) in [6.07, 6.45) is 2.26. The third kappa shape index (κ3) is 3.57. The zero-order chi connectivity index (χ0) is 15.4. The SMILES string of the molecule is CCNc1nc(C)c([N+](=O)[O-])c(NCC2CCCN2C)n1. The molecule has 2 rings (SSSR count). The number of hydrogen-bond donors (Lipinski definition) is 2. The lowest BCUT2D eigenvalue weighted by Gasteiger charge is -2.20. The van der Waals surface area contributed by atoms with Crippen LogP contribution in [-0.4, -0.2) is 52.5 Å². The number of aryl methyl sites for hydroxylation is 1. The molecule has 2 N–H and O–H groups in total. The van der Waals surface area contributed by atoms with Crippen molar-refractivity contribution in [3.8, 4) is 0 Å². The largest absolute Gasteiger partial charge is 0.363 e. The summed E-state index contributed by atoms with van der Waals surface area (Å²) in [4.78, 5) is 21.4. The molecule has 1 aromatic rings. The Labute approximate surface area is 124 Å². The van der Waals surface area contributed by atoms with Crippen LogP contribution < -0.4 is 10.6 Å². The van der Waals surface area contributed by atoms with Gasteiger partial charge in [-0.15, -0.1) is 0 Å². The van der Waals surface area contributed by atoms with Gasteiger partial charge in [0.2, 0.25) is 11.8 Å². The molecular formula is C13H22N6O2. The molecule has 21 heavy (non-hydrogen) atoms. The van der Waals surface area contributed by atoms with Crippen LogP contribution in [0.1, 0.15) is 25.5 Å². The Balaban J connectivity index is 2.20. The van der Waals surface area contributed by atoms with Gasteiger partial charge >= 0.3 is 5.69 Å². The molecule has 1 saturated heterocycles. The van der Waals surface area contributed by atoms with E-state index >= 15 is 0 Å². The molecule has 8 heteroatoms. The number of nitrogens with one attached hydrogen (secondary N) is 2. The second-order valence-electron chi connectivity index (χ2n) is 5.27. The van der Waals surface area contributed by atoms with Crippen LogP contribution in [0.2, 0.25) is 0 Å². The molecule has 0 aliphatic carbocycles. The summed E-state index contributed by atoms with van der Waals surface area (Å²) in [5.74, 6) is 0.714. The molecule has 1 unspecified atom stereocenters. The molecule has 116 valence electrons. The molecule has 0 bridgehead atoms. The van der Waals surface area contributed by atoms with Crippen LogP contribution in [0.15, 0.2) is 0 Å². The molecule has 0 aromatic carbocycles. The van der Waals surface area contributed by atoms with Crippen molar-refractivity contribution in [2.75, 3.05) is 37.3 Å². The van der Waals surface area contributed by atoms with Crippen LogP contribution in [0.25, 0.3) is 0 Å². The Kier molecular flexibility index (Phi) is 4.89. The highest BCUT2D eigenvalue weighted by molar-refractivity contribution is 5.60. The first kappa shape index (κ1) is 15.4. The average Bonchev–Trinajstić information content (AvgIpc) is 2.81. The summed E-state index contributed by atoms with van der Waals surface area (Å²) in [6.45, 7) is 5.95. The standard InChI is InChI=1S/C13H22N6O2/c1-4-14-13-16-9(2)11(19(20)21)12(17-13)15-8-10-6-5-7-18(10)3/h10H,4-8H2,1-3H3,(H2,14,15,16,17). The van der Waals surface area contributed by atoms with E-state index in [0.29, 0.717) is 36.6 Å². The molecule has 0 saturated carbocycles. The molecule has 0 radical (unpaired) electrons. The van der Waals surface area contributed by atoms with Gasteiger partial charge in [0.05, 0.1) is 4.92 Å². The average molecular weight is 294 g/mol. The molecule has 1 atom stereocenters. The summed E-state index contributed by atoms with van der Waals surface area (Å²) in [7, 11) is 2.07. The summed E-state index contributed by atoms with van der Waals surface area (Å²) in [5, 5.41) is 17.4. The van der Waals surface area contributed by atoms with Gasteiger partial charge in [0, 0.05) is 19.1 Å². The quantitative estimate of drug-likeness (QED) is 0.608. The molecule has 1 aliphatic rings. The van der Waals surface area contributed by atoms with Gasteiger partial charge in [0.25, 0.3) is 0 Å². The molecule has 0 spiro atoms. The molecule has 1 aliphatic heterocycles. The molecular weight excluding hydrogens is 272 g/mol. The maximum absolute atomic E-state index is 11.2. The van der Waals surface area contributed by atoms with E-state index < -0.39 is 4.92 Å². The second-order valence-corrected chi connectivity index (χ2v) is 5.27. The van der Waals surface area contributed by atoms with Gasteiger partial charge in [-0.3, -0.25) is 10.1 Å². The van der Waals surface area contributed by atoms with E-state index in [1.54, 1.807) is 6.92 Å². The van der Waals surface area contributed by atoms with Gasteiger partial charge in [-0.1, -0.05) is 0 Å². The highest BCUT2D eigenvalue weighted by Gasteiger charge is 2.25. The maximum atomic E-state index is 11.2. The Bertz CT molecular complexity index is 522. The van der Waals surface area contributed by atoms with E-state index in [4.69, 9.17) is 0 Å². The topological polar surface area (TPSA) is 96.2 Å². The number of rotatable bonds is 6. The van der Waals surface area contributed by atoms with E-state index in [2.05, 4.69) is 32.5 Å². The van der Waals surface area contributed by atoms with Crippen molar-refractivity contribution < 1.29 is 4.92 Å². The Morgan fingerprint density at radius 1 is 1.43 bits per heavy atom. The molecule has 1 fully saturated rings. The van der Waals surface area contributed by atoms with Gasteiger partial charge in [0.1, 0.15) is 5.69 Å². The first-order valence-electron chi connectivity index (χ1n) is 7.24. The zero-order valence-electron chi connectivity index (χ0n) is 12.7. The van der Waals surface area contributed by atoms with Crippen LogP contribution >= 0.6 is 0 Å². The fourth-order valence-electron chi connectivity index (χ4n) is 2.60. The van der Waals surface area contributed by atoms with Crippen LogP contribution in [0.3, 0.4) is 0 Å². The number of likely N-dealkylation sites (tertiary alicyclic amines) is 1. The third-order valence-electron chi connectivity index (χ3n) is 3.75. The van der Waals surface area contributed by atoms with E-state index in [0.717, 1.165) is 19.4 Å². The Morgan fingerprint density at radius 2 is 2.19 bits per heavy atom.